The normalized spacial score (nSPS) is 20.4. The van der Waals surface area contributed by atoms with E-state index in [0.29, 0.717) is 12.0 Å². The van der Waals surface area contributed by atoms with E-state index in [-0.39, 0.29) is 43.9 Å². The second kappa shape index (κ2) is 12.4. The number of hydrogen-bond acceptors (Lipinski definition) is 8. The third-order valence-electron chi connectivity index (χ3n) is 4.35. The standard InChI is InChI=1S/C21H26N2O9/c1-13(25)30-8-2-3-14-4-5-17(16(9-14)23-19(27)6-7-22-12-24)31-20-11-15(26)10-18(32-20)21(28)29/h2-5,9,12,15,18,20,26H,6-8,10-11H2,1H3,(H,22,24)(H,23,27)(H,28,29)/b3-2+. The van der Waals surface area contributed by atoms with Gasteiger partial charge in [0.1, 0.15) is 12.4 Å². The second-order valence-electron chi connectivity index (χ2n) is 6.97. The Morgan fingerprint density at radius 3 is 2.75 bits per heavy atom. The van der Waals surface area contributed by atoms with Gasteiger partial charge in [-0.15, -0.1) is 0 Å². The maximum atomic E-state index is 12.2. The zero-order valence-electron chi connectivity index (χ0n) is 17.5. The van der Waals surface area contributed by atoms with Gasteiger partial charge < -0.3 is 35.1 Å². The zero-order chi connectivity index (χ0) is 23.5. The molecule has 0 bridgehead atoms. The van der Waals surface area contributed by atoms with Gasteiger partial charge in [-0.25, -0.2) is 4.79 Å². The molecule has 11 heteroatoms. The predicted molar refractivity (Wildman–Crippen MR) is 112 cm³/mol. The van der Waals surface area contributed by atoms with Gasteiger partial charge in [-0.05, 0) is 23.8 Å². The van der Waals surface area contributed by atoms with Crippen molar-refractivity contribution in [2.75, 3.05) is 18.5 Å². The monoisotopic (exact) mass is 450 g/mol. The summed E-state index contributed by atoms with van der Waals surface area (Å²) in [5.41, 5.74) is 0.949. The van der Waals surface area contributed by atoms with E-state index in [9.17, 15) is 29.4 Å². The molecule has 1 saturated heterocycles. The topological polar surface area (TPSA) is 160 Å². The Hall–Kier alpha value is -3.44. The lowest BCUT2D eigenvalue weighted by atomic mass is 10.1. The van der Waals surface area contributed by atoms with Crippen LogP contribution in [0.15, 0.2) is 24.3 Å². The highest BCUT2D eigenvalue weighted by molar-refractivity contribution is 5.93. The van der Waals surface area contributed by atoms with E-state index in [1.54, 1.807) is 30.4 Å². The average Bonchev–Trinajstić information content (AvgIpc) is 2.72. The smallest absolute Gasteiger partial charge is 0.333 e. The van der Waals surface area contributed by atoms with Gasteiger partial charge in [0, 0.05) is 32.7 Å². The highest BCUT2D eigenvalue weighted by Crippen LogP contribution is 2.30. The molecular weight excluding hydrogens is 424 g/mol. The predicted octanol–water partition coefficient (Wildman–Crippen LogP) is 0.667. The molecule has 4 N–H and O–H groups in total. The number of esters is 1. The molecule has 174 valence electrons. The molecule has 1 heterocycles. The summed E-state index contributed by atoms with van der Waals surface area (Å²) in [7, 11) is 0. The number of anilines is 1. The first-order valence-electron chi connectivity index (χ1n) is 9.92. The molecule has 0 aliphatic carbocycles. The summed E-state index contributed by atoms with van der Waals surface area (Å²) in [4.78, 5) is 44.7. The lowest BCUT2D eigenvalue weighted by Gasteiger charge is -2.31. The molecular formula is C21H26N2O9. The van der Waals surface area contributed by atoms with E-state index in [2.05, 4.69) is 10.6 Å². The van der Waals surface area contributed by atoms with Crippen LogP contribution in [-0.2, 0) is 28.7 Å². The van der Waals surface area contributed by atoms with Gasteiger partial charge in [-0.2, -0.15) is 0 Å². The number of carbonyl (C=O) groups excluding carboxylic acids is 3. The number of nitrogens with one attached hydrogen (secondary N) is 2. The fourth-order valence-corrected chi connectivity index (χ4v) is 2.90. The van der Waals surface area contributed by atoms with Crippen molar-refractivity contribution in [3.05, 3.63) is 29.8 Å². The third kappa shape index (κ3) is 8.36. The van der Waals surface area contributed by atoms with Crippen LogP contribution < -0.4 is 15.4 Å². The van der Waals surface area contributed by atoms with Crippen molar-refractivity contribution < 1.29 is 43.6 Å². The first-order valence-corrected chi connectivity index (χ1v) is 9.92. The van der Waals surface area contributed by atoms with Crippen LogP contribution in [0.25, 0.3) is 6.08 Å². The number of aliphatic hydroxyl groups is 1. The van der Waals surface area contributed by atoms with E-state index < -0.39 is 36.3 Å². The summed E-state index contributed by atoms with van der Waals surface area (Å²) < 4.78 is 16.0. The number of carboxylic acid groups (broad SMARTS) is 1. The number of aliphatic carboxylic acids is 1. The molecule has 0 radical (unpaired) electrons. The van der Waals surface area contributed by atoms with Gasteiger partial charge in [-0.1, -0.05) is 12.1 Å². The summed E-state index contributed by atoms with van der Waals surface area (Å²) in [6.45, 7) is 1.52. The van der Waals surface area contributed by atoms with E-state index in [1.165, 1.54) is 6.92 Å². The summed E-state index contributed by atoms with van der Waals surface area (Å²) >= 11 is 0. The molecule has 3 unspecified atom stereocenters. The van der Waals surface area contributed by atoms with E-state index >= 15 is 0 Å². The third-order valence-corrected chi connectivity index (χ3v) is 4.35. The van der Waals surface area contributed by atoms with Crippen LogP contribution in [0.1, 0.15) is 31.7 Å². The SMILES string of the molecule is CC(=O)OC/C=C/c1ccc(OC2CC(O)CC(C(=O)O)O2)c(NC(=O)CCNC=O)c1. The fourth-order valence-electron chi connectivity index (χ4n) is 2.90. The van der Waals surface area contributed by atoms with E-state index in [4.69, 9.17) is 14.2 Å². The Labute approximate surface area is 184 Å². The summed E-state index contributed by atoms with van der Waals surface area (Å²) in [5.74, 6) is -1.80. The maximum absolute atomic E-state index is 12.2. The van der Waals surface area contributed by atoms with Gasteiger partial charge in [0.15, 0.2) is 6.10 Å². The molecule has 1 fully saturated rings. The van der Waals surface area contributed by atoms with Crippen LogP contribution in [0.2, 0.25) is 0 Å². The highest BCUT2D eigenvalue weighted by Gasteiger charge is 2.34. The fraction of sp³-hybridized carbons (Fsp3) is 0.429. The summed E-state index contributed by atoms with van der Waals surface area (Å²) in [6, 6.07) is 4.85. The quantitative estimate of drug-likeness (QED) is 0.216. The Morgan fingerprint density at radius 2 is 2.06 bits per heavy atom. The molecule has 0 spiro atoms. The average molecular weight is 450 g/mol. The Morgan fingerprint density at radius 1 is 1.28 bits per heavy atom. The maximum Gasteiger partial charge on any atom is 0.333 e. The Kier molecular flexibility index (Phi) is 9.64. The van der Waals surface area contributed by atoms with Crippen molar-refractivity contribution in [2.45, 2.75) is 44.7 Å². The number of hydrogen-bond donors (Lipinski definition) is 4. The zero-order valence-corrected chi connectivity index (χ0v) is 17.5. The number of benzene rings is 1. The largest absolute Gasteiger partial charge is 0.479 e. The van der Waals surface area contributed by atoms with E-state index in [1.807, 2.05) is 0 Å². The van der Waals surface area contributed by atoms with Crippen molar-refractivity contribution in [3.8, 4) is 5.75 Å². The van der Waals surface area contributed by atoms with E-state index in [0.717, 1.165) is 0 Å². The summed E-state index contributed by atoms with van der Waals surface area (Å²) in [5, 5.41) is 24.2. The van der Waals surface area contributed by atoms with Crippen LogP contribution in [-0.4, -0.2) is 66.1 Å². The van der Waals surface area contributed by atoms with Crippen molar-refractivity contribution in [1.29, 1.82) is 0 Å². The molecule has 11 nitrogen and oxygen atoms in total. The van der Waals surface area contributed by atoms with Crippen LogP contribution in [0.5, 0.6) is 5.75 Å². The molecule has 1 aliphatic heterocycles. The van der Waals surface area contributed by atoms with Crippen LogP contribution in [0.4, 0.5) is 5.69 Å². The van der Waals surface area contributed by atoms with Crippen molar-refractivity contribution in [2.24, 2.45) is 0 Å². The van der Waals surface area contributed by atoms with Crippen molar-refractivity contribution >= 4 is 36.0 Å². The van der Waals surface area contributed by atoms with Gasteiger partial charge in [0.25, 0.3) is 0 Å². The van der Waals surface area contributed by atoms with Crippen LogP contribution >= 0.6 is 0 Å². The number of carboxylic acids is 1. The first-order chi connectivity index (χ1) is 15.3. The van der Waals surface area contributed by atoms with Gasteiger partial charge in [0.2, 0.25) is 18.6 Å². The lowest BCUT2D eigenvalue weighted by molar-refractivity contribution is -0.195. The number of rotatable bonds is 11. The van der Waals surface area contributed by atoms with Crippen molar-refractivity contribution in [3.63, 3.8) is 0 Å². The molecule has 1 aromatic rings. The summed E-state index contributed by atoms with van der Waals surface area (Å²) in [6.07, 6.45) is 0.667. The van der Waals surface area contributed by atoms with Gasteiger partial charge >= 0.3 is 11.9 Å². The van der Waals surface area contributed by atoms with Crippen molar-refractivity contribution in [1.82, 2.24) is 5.32 Å². The highest BCUT2D eigenvalue weighted by atomic mass is 16.7. The first kappa shape index (κ1) is 24.8. The Balaban J connectivity index is 2.17. The molecule has 2 amide bonds. The lowest BCUT2D eigenvalue weighted by Crippen LogP contribution is -2.42. The van der Waals surface area contributed by atoms with Gasteiger partial charge in [-0.3, -0.25) is 14.4 Å². The molecule has 0 saturated carbocycles. The molecule has 0 aromatic heterocycles. The molecule has 1 aromatic carbocycles. The number of carbonyl (C=O) groups is 4. The minimum atomic E-state index is -1.21. The molecule has 3 atom stereocenters. The van der Waals surface area contributed by atoms with Crippen LogP contribution in [0, 0.1) is 0 Å². The Bertz CT molecular complexity index is 856. The minimum absolute atomic E-state index is 0.0183. The minimum Gasteiger partial charge on any atom is -0.479 e. The number of ether oxygens (including phenoxy) is 3. The van der Waals surface area contributed by atoms with Gasteiger partial charge in [0.05, 0.1) is 11.8 Å². The second-order valence-corrected chi connectivity index (χ2v) is 6.97. The number of amides is 2. The number of aliphatic hydroxyl groups excluding tert-OH is 1. The molecule has 32 heavy (non-hydrogen) atoms. The van der Waals surface area contributed by atoms with Crippen LogP contribution in [0.3, 0.4) is 0 Å². The molecule has 2 rings (SSSR count). The molecule has 1 aliphatic rings.